The number of hydrogen-bond donors (Lipinski definition) is 3. The average Bonchev–Trinajstić information content (AvgIpc) is 2.57. The second-order valence-electron chi connectivity index (χ2n) is 3.70. The van der Waals surface area contributed by atoms with Gasteiger partial charge in [-0.1, -0.05) is 0 Å². The largest absolute Gasteiger partial charge is 0.394 e. The summed E-state index contributed by atoms with van der Waals surface area (Å²) in [5, 5.41) is 17.7. The molecule has 1 fully saturated rings. The summed E-state index contributed by atoms with van der Waals surface area (Å²) in [6, 6.07) is 1.15. The molecule has 94 valence electrons. The summed E-state index contributed by atoms with van der Waals surface area (Å²) in [5.41, 5.74) is -1.21. The molecule has 8 heteroatoms. The maximum absolute atomic E-state index is 11.5. The van der Waals surface area contributed by atoms with Gasteiger partial charge >= 0.3 is 5.69 Å². The highest BCUT2D eigenvalue weighted by molar-refractivity contribution is 6.21. The van der Waals surface area contributed by atoms with Crippen molar-refractivity contribution in [2.24, 2.45) is 0 Å². The highest BCUT2D eigenvalue weighted by atomic mass is 35.5. The molecule has 0 amide bonds. The van der Waals surface area contributed by atoms with Gasteiger partial charge in [0.2, 0.25) is 0 Å². The van der Waals surface area contributed by atoms with Gasteiger partial charge in [0, 0.05) is 12.3 Å². The molecule has 0 spiro atoms. The molecule has 0 saturated carbocycles. The number of H-pyrrole nitrogens is 1. The maximum Gasteiger partial charge on any atom is 0.330 e. The summed E-state index contributed by atoms with van der Waals surface area (Å²) < 4.78 is 6.32. The Morgan fingerprint density at radius 3 is 2.76 bits per heavy atom. The Bertz CT molecular complexity index is 513. The fourth-order valence-corrected chi connectivity index (χ4v) is 2.05. The van der Waals surface area contributed by atoms with Gasteiger partial charge in [0.1, 0.15) is 17.6 Å². The molecule has 7 nitrogen and oxygen atoms in total. The van der Waals surface area contributed by atoms with E-state index in [-0.39, 0.29) is 0 Å². The smallest absolute Gasteiger partial charge is 0.330 e. The van der Waals surface area contributed by atoms with Crippen LogP contribution < -0.4 is 11.2 Å². The monoisotopic (exact) mass is 262 g/mol. The molecule has 0 aliphatic carbocycles. The van der Waals surface area contributed by atoms with Gasteiger partial charge in [-0.15, -0.1) is 11.6 Å². The fourth-order valence-electron chi connectivity index (χ4n) is 1.71. The third-order valence-corrected chi connectivity index (χ3v) is 3.07. The zero-order valence-electron chi connectivity index (χ0n) is 8.62. The van der Waals surface area contributed by atoms with E-state index in [1.807, 2.05) is 0 Å². The van der Waals surface area contributed by atoms with Gasteiger partial charge < -0.3 is 14.9 Å². The Morgan fingerprint density at radius 1 is 1.53 bits per heavy atom. The van der Waals surface area contributed by atoms with Gasteiger partial charge in [0.25, 0.3) is 5.56 Å². The number of nitrogens with zero attached hydrogens (tertiary/aromatic N) is 1. The Labute approximate surface area is 100 Å². The van der Waals surface area contributed by atoms with Crippen molar-refractivity contribution in [3.8, 4) is 0 Å². The van der Waals surface area contributed by atoms with Crippen LogP contribution >= 0.6 is 11.6 Å². The first kappa shape index (κ1) is 12.3. The molecule has 3 N–H and O–H groups in total. The van der Waals surface area contributed by atoms with E-state index in [9.17, 15) is 14.7 Å². The molecular weight excluding hydrogens is 252 g/mol. The van der Waals surface area contributed by atoms with Crippen molar-refractivity contribution in [3.63, 3.8) is 0 Å². The van der Waals surface area contributed by atoms with Crippen LogP contribution in [0.5, 0.6) is 0 Å². The number of halogens is 1. The van der Waals surface area contributed by atoms with Crippen LogP contribution in [0.2, 0.25) is 0 Å². The summed E-state index contributed by atoms with van der Waals surface area (Å²) in [4.78, 5) is 24.4. The zero-order valence-corrected chi connectivity index (χ0v) is 9.37. The van der Waals surface area contributed by atoms with Crippen LogP contribution in [0.15, 0.2) is 21.9 Å². The first-order valence-corrected chi connectivity index (χ1v) is 5.38. The van der Waals surface area contributed by atoms with Gasteiger partial charge in [0.15, 0.2) is 6.23 Å². The van der Waals surface area contributed by atoms with Crippen LogP contribution in [0, 0.1) is 0 Å². The summed E-state index contributed by atoms with van der Waals surface area (Å²) in [7, 11) is 0. The molecule has 2 unspecified atom stereocenters. The second-order valence-corrected chi connectivity index (χ2v) is 4.20. The lowest BCUT2D eigenvalue weighted by Gasteiger charge is -2.15. The number of aliphatic hydroxyl groups is 2. The molecule has 1 aliphatic rings. The Balaban J connectivity index is 2.35. The minimum Gasteiger partial charge on any atom is -0.394 e. The number of hydrogen-bond acceptors (Lipinski definition) is 5. The number of aromatic nitrogens is 2. The predicted molar refractivity (Wildman–Crippen MR) is 58.0 cm³/mol. The average molecular weight is 263 g/mol. The van der Waals surface area contributed by atoms with E-state index in [4.69, 9.17) is 21.4 Å². The quantitative estimate of drug-likeness (QED) is 0.557. The predicted octanol–water partition coefficient (Wildman–Crippen LogP) is -1.61. The van der Waals surface area contributed by atoms with E-state index in [1.165, 1.54) is 6.20 Å². The zero-order chi connectivity index (χ0) is 12.6. The lowest BCUT2D eigenvalue weighted by atomic mass is 10.2. The third kappa shape index (κ3) is 2.14. The van der Waals surface area contributed by atoms with Crippen LogP contribution in [-0.2, 0) is 4.74 Å². The van der Waals surface area contributed by atoms with Crippen LogP contribution in [0.25, 0.3) is 0 Å². The van der Waals surface area contributed by atoms with Crippen molar-refractivity contribution in [2.45, 2.75) is 23.8 Å². The number of aromatic amines is 1. The number of nitrogens with one attached hydrogen (secondary N) is 1. The van der Waals surface area contributed by atoms with Gasteiger partial charge in [-0.25, -0.2) is 4.79 Å². The van der Waals surface area contributed by atoms with Crippen molar-refractivity contribution in [2.75, 3.05) is 6.61 Å². The third-order valence-electron chi connectivity index (χ3n) is 2.60. The van der Waals surface area contributed by atoms with E-state index in [2.05, 4.69) is 4.98 Å². The lowest BCUT2D eigenvalue weighted by molar-refractivity contribution is -0.0457. The molecule has 1 aromatic rings. The first-order valence-electron chi connectivity index (χ1n) is 4.94. The number of aliphatic hydroxyl groups excluding tert-OH is 2. The van der Waals surface area contributed by atoms with E-state index >= 15 is 0 Å². The fraction of sp³-hybridized carbons (Fsp3) is 0.556. The molecular formula is C9H11ClN2O5. The topological polar surface area (TPSA) is 105 Å². The Hall–Kier alpha value is -1.15. The molecule has 1 aliphatic heterocycles. The minimum atomic E-state index is -1.08. The summed E-state index contributed by atoms with van der Waals surface area (Å²) in [6.45, 7) is -0.404. The molecule has 2 rings (SSSR count). The van der Waals surface area contributed by atoms with Gasteiger partial charge in [-0.05, 0) is 0 Å². The van der Waals surface area contributed by atoms with Crippen LogP contribution in [-0.4, -0.2) is 44.0 Å². The molecule has 17 heavy (non-hydrogen) atoms. The molecule has 2 heterocycles. The first-order chi connectivity index (χ1) is 8.04. The Morgan fingerprint density at radius 2 is 2.24 bits per heavy atom. The highest BCUT2D eigenvalue weighted by Crippen LogP contribution is 2.31. The van der Waals surface area contributed by atoms with E-state index < -0.39 is 41.7 Å². The van der Waals surface area contributed by atoms with Crippen LogP contribution in [0.4, 0.5) is 0 Å². The maximum atomic E-state index is 11.5. The molecule has 0 bridgehead atoms. The van der Waals surface area contributed by atoms with Crippen molar-refractivity contribution >= 4 is 11.6 Å². The number of alkyl halides is 1. The minimum absolute atomic E-state index is 0.404. The van der Waals surface area contributed by atoms with E-state index in [0.29, 0.717) is 0 Å². The van der Waals surface area contributed by atoms with Gasteiger partial charge in [-0.3, -0.25) is 14.3 Å². The van der Waals surface area contributed by atoms with Crippen molar-refractivity contribution in [1.82, 2.24) is 9.55 Å². The van der Waals surface area contributed by atoms with Crippen LogP contribution in [0.1, 0.15) is 6.23 Å². The standard InChI is InChI=1S/C9H11ClN2O5/c10-6-7(15)4(3-13)17-8(6)12-2-1-5(14)11-9(12)16/h1-2,4,6-8,13,15H,3H2,(H,11,14,16)/t4-,6-,7?,8?/m1/s1. The Kier molecular flexibility index (Phi) is 3.34. The van der Waals surface area contributed by atoms with E-state index in [0.717, 1.165) is 10.6 Å². The summed E-state index contributed by atoms with van der Waals surface area (Å²) in [6.07, 6.45) is -1.62. The van der Waals surface area contributed by atoms with Crippen molar-refractivity contribution in [1.29, 1.82) is 0 Å². The summed E-state index contributed by atoms with van der Waals surface area (Å²) >= 11 is 5.91. The molecule has 0 radical (unpaired) electrons. The summed E-state index contributed by atoms with van der Waals surface area (Å²) in [5.74, 6) is 0. The van der Waals surface area contributed by atoms with Crippen LogP contribution in [0.3, 0.4) is 0 Å². The number of ether oxygens (including phenoxy) is 1. The molecule has 1 aromatic heterocycles. The van der Waals surface area contributed by atoms with E-state index in [1.54, 1.807) is 0 Å². The molecule has 1 saturated heterocycles. The van der Waals surface area contributed by atoms with Crippen molar-refractivity contribution in [3.05, 3.63) is 33.1 Å². The highest BCUT2D eigenvalue weighted by Gasteiger charge is 2.43. The SMILES string of the molecule is O=c1ccn(C2O[C@H](CO)C(O)[C@H]2Cl)c(=O)[nH]1. The van der Waals surface area contributed by atoms with Crippen molar-refractivity contribution < 1.29 is 14.9 Å². The van der Waals surface area contributed by atoms with Gasteiger partial charge in [0.05, 0.1) is 6.61 Å². The number of rotatable bonds is 2. The molecule has 4 atom stereocenters. The lowest BCUT2D eigenvalue weighted by Crippen LogP contribution is -2.35. The second kappa shape index (κ2) is 4.61. The van der Waals surface area contributed by atoms with Gasteiger partial charge in [-0.2, -0.15) is 0 Å². The molecule has 0 aromatic carbocycles. The normalized spacial score (nSPS) is 32.9.